The maximum atomic E-state index is 4.04. The van der Waals surface area contributed by atoms with Gasteiger partial charge in [-0.25, -0.2) is 0 Å². The molecule has 2 heterocycles. The molecule has 2 rings (SSSR count). The van der Waals surface area contributed by atoms with Crippen molar-refractivity contribution < 1.29 is 0 Å². The SMILES string of the molecule is Cc1ccsc1CNCCN(C)Cc1ccncc1. The van der Waals surface area contributed by atoms with Gasteiger partial charge in [-0.1, -0.05) is 0 Å². The number of nitrogens with one attached hydrogen (secondary N) is 1. The minimum Gasteiger partial charge on any atom is -0.311 e. The molecule has 2 aromatic heterocycles. The zero-order valence-corrected chi connectivity index (χ0v) is 12.4. The first-order valence-corrected chi connectivity index (χ1v) is 7.45. The average Bonchev–Trinajstić information content (AvgIpc) is 2.81. The maximum Gasteiger partial charge on any atom is 0.0302 e. The van der Waals surface area contributed by atoms with Crippen molar-refractivity contribution in [1.82, 2.24) is 15.2 Å². The van der Waals surface area contributed by atoms with E-state index in [4.69, 9.17) is 0 Å². The van der Waals surface area contributed by atoms with Crippen LogP contribution in [0.4, 0.5) is 0 Å². The first-order chi connectivity index (χ1) is 9.25. The van der Waals surface area contributed by atoms with Gasteiger partial charge in [0.1, 0.15) is 0 Å². The van der Waals surface area contributed by atoms with E-state index in [2.05, 4.69) is 52.8 Å². The van der Waals surface area contributed by atoms with Crippen molar-refractivity contribution >= 4 is 11.3 Å². The van der Waals surface area contributed by atoms with Crippen molar-refractivity contribution in [3.05, 3.63) is 52.0 Å². The number of rotatable bonds is 7. The highest BCUT2D eigenvalue weighted by Gasteiger charge is 2.01. The molecule has 102 valence electrons. The van der Waals surface area contributed by atoms with Crippen LogP contribution in [0.15, 0.2) is 36.0 Å². The minimum atomic E-state index is 0.974. The lowest BCUT2D eigenvalue weighted by molar-refractivity contribution is 0.324. The summed E-state index contributed by atoms with van der Waals surface area (Å²) in [6.07, 6.45) is 3.70. The molecule has 0 saturated heterocycles. The Morgan fingerprint density at radius 3 is 2.74 bits per heavy atom. The first kappa shape index (κ1) is 14.2. The van der Waals surface area contributed by atoms with Gasteiger partial charge in [-0.05, 0) is 48.7 Å². The molecule has 19 heavy (non-hydrogen) atoms. The molecule has 0 aromatic carbocycles. The Bertz CT molecular complexity index is 481. The summed E-state index contributed by atoms with van der Waals surface area (Å²) in [5.41, 5.74) is 2.70. The van der Waals surface area contributed by atoms with Crippen LogP contribution in [-0.2, 0) is 13.1 Å². The summed E-state index contributed by atoms with van der Waals surface area (Å²) in [6, 6.07) is 6.31. The third-order valence-electron chi connectivity index (χ3n) is 3.13. The normalized spacial score (nSPS) is 11.1. The van der Waals surface area contributed by atoms with Crippen LogP contribution in [-0.4, -0.2) is 30.0 Å². The monoisotopic (exact) mass is 275 g/mol. The van der Waals surface area contributed by atoms with Gasteiger partial charge in [0.2, 0.25) is 0 Å². The highest BCUT2D eigenvalue weighted by atomic mass is 32.1. The van der Waals surface area contributed by atoms with Crippen LogP contribution in [0, 0.1) is 6.92 Å². The second-order valence-corrected chi connectivity index (χ2v) is 5.80. The predicted molar refractivity (Wildman–Crippen MR) is 81.3 cm³/mol. The standard InChI is InChI=1S/C15H21N3S/c1-13-5-10-19-15(13)11-17-8-9-18(2)12-14-3-6-16-7-4-14/h3-7,10,17H,8-9,11-12H2,1-2H3. The lowest BCUT2D eigenvalue weighted by Gasteiger charge is -2.16. The Balaban J connectivity index is 1.64. The zero-order valence-electron chi connectivity index (χ0n) is 11.6. The fraction of sp³-hybridized carbons (Fsp3) is 0.400. The third-order valence-corrected chi connectivity index (χ3v) is 4.15. The van der Waals surface area contributed by atoms with Gasteiger partial charge in [-0.3, -0.25) is 4.98 Å². The topological polar surface area (TPSA) is 28.2 Å². The van der Waals surface area contributed by atoms with Crippen LogP contribution in [0.1, 0.15) is 16.0 Å². The Morgan fingerprint density at radius 2 is 2.05 bits per heavy atom. The van der Waals surface area contributed by atoms with Crippen LogP contribution >= 0.6 is 11.3 Å². The fourth-order valence-corrected chi connectivity index (χ4v) is 2.81. The van der Waals surface area contributed by atoms with E-state index < -0.39 is 0 Å². The Morgan fingerprint density at radius 1 is 1.26 bits per heavy atom. The lowest BCUT2D eigenvalue weighted by Crippen LogP contribution is -2.28. The summed E-state index contributed by atoms with van der Waals surface area (Å²) >= 11 is 1.83. The summed E-state index contributed by atoms with van der Waals surface area (Å²) in [6.45, 7) is 6.18. The largest absolute Gasteiger partial charge is 0.311 e. The summed E-state index contributed by atoms with van der Waals surface area (Å²) in [5, 5.41) is 5.66. The van der Waals surface area contributed by atoms with Crippen molar-refractivity contribution in [2.24, 2.45) is 0 Å². The Labute approximate surface area is 119 Å². The molecule has 0 spiro atoms. The van der Waals surface area contributed by atoms with Crippen molar-refractivity contribution in [3.8, 4) is 0 Å². The number of aryl methyl sites for hydroxylation is 1. The van der Waals surface area contributed by atoms with E-state index in [1.807, 2.05) is 23.7 Å². The van der Waals surface area contributed by atoms with E-state index in [1.165, 1.54) is 16.0 Å². The van der Waals surface area contributed by atoms with Crippen LogP contribution in [0.3, 0.4) is 0 Å². The summed E-state index contributed by atoms with van der Waals surface area (Å²) < 4.78 is 0. The van der Waals surface area contributed by atoms with E-state index in [0.717, 1.165) is 26.2 Å². The molecule has 0 aliphatic carbocycles. The van der Waals surface area contributed by atoms with Gasteiger partial charge in [0.05, 0.1) is 0 Å². The molecule has 2 aromatic rings. The van der Waals surface area contributed by atoms with Crippen molar-refractivity contribution in [2.75, 3.05) is 20.1 Å². The predicted octanol–water partition coefficient (Wildman–Crippen LogP) is 2.67. The molecule has 0 amide bonds. The van der Waals surface area contributed by atoms with E-state index in [0.29, 0.717) is 0 Å². The van der Waals surface area contributed by atoms with Crippen molar-refractivity contribution in [3.63, 3.8) is 0 Å². The molecule has 0 fully saturated rings. The first-order valence-electron chi connectivity index (χ1n) is 6.57. The molecular formula is C15H21N3S. The Hall–Kier alpha value is -1.23. The molecule has 0 bridgehead atoms. The lowest BCUT2D eigenvalue weighted by atomic mass is 10.2. The maximum absolute atomic E-state index is 4.04. The highest BCUT2D eigenvalue weighted by molar-refractivity contribution is 7.10. The number of aromatic nitrogens is 1. The van der Waals surface area contributed by atoms with Gasteiger partial charge in [0, 0.05) is 43.4 Å². The van der Waals surface area contributed by atoms with E-state index >= 15 is 0 Å². The summed E-state index contributed by atoms with van der Waals surface area (Å²) in [5.74, 6) is 0. The molecule has 3 nitrogen and oxygen atoms in total. The van der Waals surface area contributed by atoms with Gasteiger partial charge in [-0.2, -0.15) is 0 Å². The van der Waals surface area contributed by atoms with Crippen molar-refractivity contribution in [1.29, 1.82) is 0 Å². The van der Waals surface area contributed by atoms with E-state index in [-0.39, 0.29) is 0 Å². The smallest absolute Gasteiger partial charge is 0.0302 e. The quantitative estimate of drug-likeness (QED) is 0.788. The van der Waals surface area contributed by atoms with Gasteiger partial charge in [0.15, 0.2) is 0 Å². The summed E-state index contributed by atoms with van der Waals surface area (Å²) in [7, 11) is 2.15. The second kappa shape index (κ2) is 7.38. The fourth-order valence-electron chi connectivity index (χ4n) is 1.94. The van der Waals surface area contributed by atoms with Gasteiger partial charge in [-0.15, -0.1) is 11.3 Å². The number of pyridine rings is 1. The molecule has 0 aliphatic heterocycles. The molecule has 0 saturated carbocycles. The number of nitrogens with zero attached hydrogens (tertiary/aromatic N) is 2. The third kappa shape index (κ3) is 4.74. The zero-order chi connectivity index (χ0) is 13.5. The second-order valence-electron chi connectivity index (χ2n) is 4.80. The van der Waals surface area contributed by atoms with Gasteiger partial charge in [0.25, 0.3) is 0 Å². The molecule has 0 unspecified atom stereocenters. The van der Waals surface area contributed by atoms with Crippen LogP contribution < -0.4 is 5.32 Å². The van der Waals surface area contributed by atoms with E-state index in [1.54, 1.807) is 0 Å². The van der Waals surface area contributed by atoms with Crippen LogP contribution in [0.2, 0.25) is 0 Å². The highest BCUT2D eigenvalue weighted by Crippen LogP contribution is 2.14. The van der Waals surface area contributed by atoms with Crippen LogP contribution in [0.5, 0.6) is 0 Å². The number of hydrogen-bond acceptors (Lipinski definition) is 4. The van der Waals surface area contributed by atoms with Gasteiger partial charge < -0.3 is 10.2 Å². The molecular weight excluding hydrogens is 254 g/mol. The van der Waals surface area contributed by atoms with Gasteiger partial charge >= 0.3 is 0 Å². The minimum absolute atomic E-state index is 0.974. The molecule has 0 atom stereocenters. The molecule has 1 N–H and O–H groups in total. The molecule has 4 heteroatoms. The van der Waals surface area contributed by atoms with E-state index in [9.17, 15) is 0 Å². The molecule has 0 aliphatic rings. The average molecular weight is 275 g/mol. The number of hydrogen-bond donors (Lipinski definition) is 1. The van der Waals surface area contributed by atoms with Crippen molar-refractivity contribution in [2.45, 2.75) is 20.0 Å². The van der Waals surface area contributed by atoms with Crippen LogP contribution in [0.25, 0.3) is 0 Å². The number of likely N-dealkylation sites (N-methyl/N-ethyl adjacent to an activating group) is 1. The molecule has 0 radical (unpaired) electrons. The summed E-state index contributed by atoms with van der Waals surface area (Å²) in [4.78, 5) is 7.80. The Kier molecular flexibility index (Phi) is 5.51. The number of thiophene rings is 1.